The number of ether oxygens (including phenoxy) is 2. The molecule has 1 aliphatic heterocycles. The monoisotopic (exact) mass is 311 g/mol. The first-order valence-electron chi connectivity index (χ1n) is 6.89. The first kappa shape index (κ1) is 15.6. The van der Waals surface area contributed by atoms with Gasteiger partial charge in [-0.15, -0.1) is 0 Å². The van der Waals surface area contributed by atoms with E-state index in [1.165, 1.54) is 0 Å². The highest BCUT2D eigenvalue weighted by Crippen LogP contribution is 2.19. The number of alkyl halides is 1. The van der Waals surface area contributed by atoms with Gasteiger partial charge in [-0.05, 0) is 18.4 Å². The molecule has 1 aromatic carbocycles. The highest BCUT2D eigenvalue weighted by Gasteiger charge is 2.28. The Morgan fingerprint density at radius 3 is 2.43 bits per heavy atom. The molecule has 0 bridgehead atoms. The van der Waals surface area contributed by atoms with Crippen LogP contribution in [-0.4, -0.2) is 36.1 Å². The molecule has 0 spiro atoms. The first-order chi connectivity index (χ1) is 10.2. The zero-order valence-electron chi connectivity index (χ0n) is 11.7. The third-order valence-electron chi connectivity index (χ3n) is 3.49. The molecule has 6 heteroatoms. The van der Waals surface area contributed by atoms with E-state index in [1.54, 1.807) is 4.90 Å². The maximum atomic E-state index is 11.9. The van der Waals surface area contributed by atoms with E-state index in [0.29, 0.717) is 25.9 Å². The number of benzene rings is 1. The number of hydrogen-bond acceptors (Lipinski definition) is 4. The van der Waals surface area contributed by atoms with Crippen molar-refractivity contribution >= 4 is 23.7 Å². The van der Waals surface area contributed by atoms with Crippen LogP contribution in [0.25, 0.3) is 0 Å². The van der Waals surface area contributed by atoms with Crippen molar-refractivity contribution in [3.8, 4) is 0 Å². The summed E-state index contributed by atoms with van der Waals surface area (Å²) in [6, 6.07) is 9.39. The van der Waals surface area contributed by atoms with Gasteiger partial charge >= 0.3 is 12.1 Å². The molecule has 1 fully saturated rings. The lowest BCUT2D eigenvalue weighted by Gasteiger charge is -2.30. The van der Waals surface area contributed by atoms with Crippen LogP contribution in [0, 0.1) is 5.92 Å². The Balaban J connectivity index is 1.74. The number of nitrogens with zero attached hydrogens (tertiary/aromatic N) is 1. The molecule has 0 radical (unpaired) electrons. The molecule has 0 N–H and O–H groups in total. The van der Waals surface area contributed by atoms with Crippen LogP contribution in [0.15, 0.2) is 30.3 Å². The van der Waals surface area contributed by atoms with Gasteiger partial charge in [0.1, 0.15) is 6.61 Å². The number of hydrogen-bond donors (Lipinski definition) is 0. The van der Waals surface area contributed by atoms with Gasteiger partial charge in [0.2, 0.25) is 0 Å². The van der Waals surface area contributed by atoms with E-state index >= 15 is 0 Å². The highest BCUT2D eigenvalue weighted by atomic mass is 35.5. The lowest BCUT2D eigenvalue weighted by Crippen LogP contribution is -2.40. The summed E-state index contributed by atoms with van der Waals surface area (Å²) < 4.78 is 10.0. The van der Waals surface area contributed by atoms with Gasteiger partial charge in [-0.3, -0.25) is 4.79 Å². The van der Waals surface area contributed by atoms with E-state index in [9.17, 15) is 9.59 Å². The molecule has 1 aromatic rings. The van der Waals surface area contributed by atoms with Gasteiger partial charge in [0.25, 0.3) is 0 Å². The van der Waals surface area contributed by atoms with E-state index < -0.39 is 0 Å². The van der Waals surface area contributed by atoms with Crippen LogP contribution >= 0.6 is 11.6 Å². The quantitative estimate of drug-likeness (QED) is 0.634. The molecule has 0 unspecified atom stereocenters. The van der Waals surface area contributed by atoms with Gasteiger partial charge in [-0.25, -0.2) is 4.79 Å². The van der Waals surface area contributed by atoms with Crippen LogP contribution in [-0.2, 0) is 20.9 Å². The van der Waals surface area contributed by atoms with Crippen LogP contribution < -0.4 is 0 Å². The average molecular weight is 312 g/mol. The summed E-state index contributed by atoms with van der Waals surface area (Å²) in [5.74, 6) is -0.468. The van der Waals surface area contributed by atoms with Gasteiger partial charge in [-0.2, -0.15) is 0 Å². The molecular weight excluding hydrogens is 294 g/mol. The van der Waals surface area contributed by atoms with E-state index in [2.05, 4.69) is 0 Å². The minimum absolute atomic E-state index is 0.127. The maximum absolute atomic E-state index is 11.9. The minimum Gasteiger partial charge on any atom is -0.449 e. The number of carbonyl (C=O) groups is 2. The summed E-state index contributed by atoms with van der Waals surface area (Å²) in [7, 11) is 0. The largest absolute Gasteiger partial charge is 0.449 e. The van der Waals surface area contributed by atoms with Crippen molar-refractivity contribution in [2.24, 2.45) is 5.92 Å². The summed E-state index contributed by atoms with van der Waals surface area (Å²) in [6.07, 6.45) is 0.815. The molecule has 0 aromatic heterocycles. The van der Waals surface area contributed by atoms with Crippen molar-refractivity contribution in [1.29, 1.82) is 0 Å². The van der Waals surface area contributed by atoms with Crippen LogP contribution in [0.1, 0.15) is 18.4 Å². The second-order valence-electron chi connectivity index (χ2n) is 4.87. The normalized spacial score (nSPS) is 15.6. The summed E-state index contributed by atoms with van der Waals surface area (Å²) >= 11 is 5.37. The van der Waals surface area contributed by atoms with E-state index in [4.69, 9.17) is 21.1 Å². The standard InChI is InChI=1S/C15H18ClNO4/c16-11-21-14(18)13-6-8-17(9-7-13)15(19)20-10-12-4-2-1-3-5-12/h1-5,13H,6-11H2. The third kappa shape index (κ3) is 4.63. The van der Waals surface area contributed by atoms with Gasteiger partial charge in [0.15, 0.2) is 6.07 Å². The summed E-state index contributed by atoms with van der Waals surface area (Å²) in [5, 5.41) is 0. The van der Waals surface area contributed by atoms with E-state index in [0.717, 1.165) is 5.56 Å². The lowest BCUT2D eigenvalue weighted by molar-refractivity contribution is -0.147. The lowest BCUT2D eigenvalue weighted by atomic mass is 9.97. The van der Waals surface area contributed by atoms with Crippen molar-refractivity contribution < 1.29 is 19.1 Å². The number of piperidine rings is 1. The van der Waals surface area contributed by atoms with Gasteiger partial charge in [-0.1, -0.05) is 41.9 Å². The zero-order chi connectivity index (χ0) is 15.1. The number of likely N-dealkylation sites (tertiary alicyclic amines) is 1. The predicted octanol–water partition coefficient (Wildman–Crippen LogP) is 2.77. The molecule has 21 heavy (non-hydrogen) atoms. The minimum atomic E-state index is -0.344. The van der Waals surface area contributed by atoms with E-state index in [-0.39, 0.29) is 30.7 Å². The van der Waals surface area contributed by atoms with Crippen LogP contribution in [0.2, 0.25) is 0 Å². The molecule has 1 amide bonds. The predicted molar refractivity (Wildman–Crippen MR) is 77.7 cm³/mol. The fraction of sp³-hybridized carbons (Fsp3) is 0.467. The number of rotatable bonds is 4. The van der Waals surface area contributed by atoms with Crippen LogP contribution in [0.3, 0.4) is 0 Å². The summed E-state index contributed by atoms with van der Waals surface area (Å²) in [5.41, 5.74) is 0.950. The average Bonchev–Trinajstić information content (AvgIpc) is 2.54. The smallest absolute Gasteiger partial charge is 0.410 e. The SMILES string of the molecule is O=C(OCCl)C1CCN(C(=O)OCc2ccccc2)CC1. The number of carbonyl (C=O) groups excluding carboxylic acids is 2. The second-order valence-corrected chi connectivity index (χ2v) is 5.09. The van der Waals surface area contributed by atoms with Crippen molar-refractivity contribution in [2.45, 2.75) is 19.4 Å². The summed E-state index contributed by atoms with van der Waals surface area (Å²) in [4.78, 5) is 25.1. The molecule has 0 aliphatic carbocycles. The Kier molecular flexibility index (Phi) is 5.87. The van der Waals surface area contributed by atoms with Gasteiger partial charge < -0.3 is 14.4 Å². The first-order valence-corrected chi connectivity index (χ1v) is 7.42. The van der Waals surface area contributed by atoms with Crippen molar-refractivity contribution in [3.63, 3.8) is 0 Å². The Hall–Kier alpha value is -1.75. The molecule has 1 aliphatic rings. The second kappa shape index (κ2) is 7.88. The van der Waals surface area contributed by atoms with Gasteiger partial charge in [0.05, 0.1) is 5.92 Å². The number of amides is 1. The Morgan fingerprint density at radius 1 is 1.14 bits per heavy atom. The fourth-order valence-corrected chi connectivity index (χ4v) is 2.39. The molecule has 2 rings (SSSR count). The Labute approximate surface area is 128 Å². The van der Waals surface area contributed by atoms with Crippen molar-refractivity contribution in [1.82, 2.24) is 4.90 Å². The van der Waals surface area contributed by atoms with Crippen molar-refractivity contribution in [3.05, 3.63) is 35.9 Å². The maximum Gasteiger partial charge on any atom is 0.410 e. The third-order valence-corrected chi connectivity index (χ3v) is 3.60. The molecular formula is C15H18ClNO4. The zero-order valence-corrected chi connectivity index (χ0v) is 12.4. The molecule has 114 valence electrons. The Bertz CT molecular complexity index is 472. The molecule has 0 atom stereocenters. The highest BCUT2D eigenvalue weighted by molar-refractivity contribution is 6.17. The Morgan fingerprint density at radius 2 is 1.81 bits per heavy atom. The van der Waals surface area contributed by atoms with Crippen LogP contribution in [0.5, 0.6) is 0 Å². The van der Waals surface area contributed by atoms with Crippen LogP contribution in [0.4, 0.5) is 4.79 Å². The molecule has 5 nitrogen and oxygen atoms in total. The van der Waals surface area contributed by atoms with E-state index in [1.807, 2.05) is 30.3 Å². The number of halogens is 1. The molecule has 0 saturated carbocycles. The molecule has 1 heterocycles. The topological polar surface area (TPSA) is 55.8 Å². The molecule has 1 saturated heterocycles. The summed E-state index contributed by atoms with van der Waals surface area (Å²) in [6.45, 7) is 1.25. The number of esters is 1. The van der Waals surface area contributed by atoms with Gasteiger partial charge in [0, 0.05) is 13.1 Å². The fourth-order valence-electron chi connectivity index (χ4n) is 2.28. The van der Waals surface area contributed by atoms with Crippen molar-refractivity contribution in [2.75, 3.05) is 19.2 Å².